The molecule has 1 aliphatic rings. The molecule has 0 unspecified atom stereocenters. The first-order valence-corrected chi connectivity index (χ1v) is 11.7. The topological polar surface area (TPSA) is 52.6 Å². The number of aliphatic imine (C=N–C) groups is 1. The van der Waals surface area contributed by atoms with Crippen LogP contribution in [0, 0.1) is 12.8 Å². The maximum Gasteiger partial charge on any atom is 0.191 e. The van der Waals surface area contributed by atoms with Crippen molar-refractivity contribution in [2.75, 3.05) is 32.7 Å². The van der Waals surface area contributed by atoms with Crippen LogP contribution in [0.15, 0.2) is 27.9 Å². The second-order valence-corrected chi connectivity index (χ2v) is 9.15. The number of hydrogen-bond acceptors (Lipinski definition) is 5. The number of piperidine rings is 1. The van der Waals surface area contributed by atoms with Gasteiger partial charge in [0.15, 0.2) is 5.96 Å². The number of halogens is 1. The number of rotatable bonds is 8. The maximum absolute atomic E-state index is 4.84. The van der Waals surface area contributed by atoms with E-state index < -0.39 is 0 Å². The van der Waals surface area contributed by atoms with Crippen molar-refractivity contribution < 1.29 is 0 Å². The molecule has 0 saturated carbocycles. The molecule has 0 atom stereocenters. The lowest BCUT2D eigenvalue weighted by atomic mass is 9.97. The largest absolute Gasteiger partial charge is 0.357 e. The summed E-state index contributed by atoms with van der Waals surface area (Å²) < 4.78 is 0. The lowest BCUT2D eigenvalue weighted by molar-refractivity contribution is 0.179. The van der Waals surface area contributed by atoms with E-state index in [1.54, 1.807) is 11.3 Å². The molecule has 0 aromatic carbocycles. The van der Waals surface area contributed by atoms with Gasteiger partial charge in [0.2, 0.25) is 0 Å². The summed E-state index contributed by atoms with van der Waals surface area (Å²) in [6.45, 7) is 10.2. The summed E-state index contributed by atoms with van der Waals surface area (Å²) in [6.07, 6.45) is 3.50. The Kier molecular flexibility index (Phi) is 10.7. The van der Waals surface area contributed by atoms with Crippen LogP contribution in [0.3, 0.4) is 0 Å². The van der Waals surface area contributed by atoms with Crippen LogP contribution in [-0.4, -0.2) is 48.6 Å². The van der Waals surface area contributed by atoms with E-state index in [1.807, 2.05) is 11.3 Å². The van der Waals surface area contributed by atoms with Crippen molar-refractivity contribution in [1.29, 1.82) is 0 Å². The zero-order valence-corrected chi connectivity index (χ0v) is 20.8. The molecule has 156 valence electrons. The number of thiazole rings is 1. The number of aryl methyl sites for hydroxylation is 1. The van der Waals surface area contributed by atoms with Crippen molar-refractivity contribution >= 4 is 52.6 Å². The molecule has 0 spiro atoms. The predicted octanol–water partition coefficient (Wildman–Crippen LogP) is 4.14. The van der Waals surface area contributed by atoms with Gasteiger partial charge in [-0.05, 0) is 63.6 Å². The fourth-order valence-corrected chi connectivity index (χ4v) is 4.67. The van der Waals surface area contributed by atoms with Crippen molar-refractivity contribution in [2.24, 2.45) is 10.9 Å². The molecule has 2 N–H and O–H groups in total. The monoisotopic (exact) mass is 533 g/mol. The van der Waals surface area contributed by atoms with Crippen molar-refractivity contribution in [2.45, 2.75) is 39.7 Å². The molecule has 0 radical (unpaired) electrons. The van der Waals surface area contributed by atoms with Gasteiger partial charge < -0.3 is 10.6 Å². The fourth-order valence-electron chi connectivity index (χ4n) is 3.36. The Balaban J connectivity index is 0.00000280. The first-order valence-electron chi connectivity index (χ1n) is 9.91. The number of nitrogens with one attached hydrogen (secondary N) is 2. The number of guanidine groups is 1. The van der Waals surface area contributed by atoms with Crippen LogP contribution < -0.4 is 10.6 Å². The lowest BCUT2D eigenvalue weighted by Gasteiger charge is -2.30. The highest BCUT2D eigenvalue weighted by molar-refractivity contribution is 14.0. The van der Waals surface area contributed by atoms with E-state index in [-0.39, 0.29) is 24.0 Å². The van der Waals surface area contributed by atoms with Crippen molar-refractivity contribution in [1.82, 2.24) is 20.5 Å². The standard InChI is InChI=1S/C20H31N5S2.HI/c1-3-21-20(22-9-6-19-5-4-12-26-19)23-13-17-7-10-25(11-8-17)14-18-15-27-16(2)24-18;/h4-5,12,15,17H,3,6-11,13-14H2,1-2H3,(H2,21,22,23);1H. The van der Waals surface area contributed by atoms with Crippen molar-refractivity contribution in [3.05, 3.63) is 38.5 Å². The first kappa shape index (κ1) is 23.6. The minimum atomic E-state index is 0. The van der Waals surface area contributed by atoms with Gasteiger partial charge in [-0.3, -0.25) is 9.89 Å². The van der Waals surface area contributed by atoms with Crippen LogP contribution in [0.4, 0.5) is 0 Å². The second-order valence-electron chi connectivity index (χ2n) is 7.05. The zero-order valence-electron chi connectivity index (χ0n) is 16.8. The Morgan fingerprint density at radius 2 is 2.11 bits per heavy atom. The molecule has 3 rings (SSSR count). The van der Waals surface area contributed by atoms with Gasteiger partial charge in [0.1, 0.15) is 0 Å². The Morgan fingerprint density at radius 3 is 2.75 bits per heavy atom. The van der Waals surface area contributed by atoms with Gasteiger partial charge >= 0.3 is 0 Å². The Bertz CT molecular complexity index is 693. The van der Waals surface area contributed by atoms with Crippen LogP contribution in [0.25, 0.3) is 0 Å². The molecule has 1 aliphatic heterocycles. The third kappa shape index (κ3) is 7.96. The minimum absolute atomic E-state index is 0. The first-order chi connectivity index (χ1) is 13.2. The number of thiophene rings is 1. The van der Waals surface area contributed by atoms with E-state index in [9.17, 15) is 0 Å². The number of aromatic nitrogens is 1. The smallest absolute Gasteiger partial charge is 0.191 e. The van der Waals surface area contributed by atoms with Crippen LogP contribution in [0.1, 0.15) is 35.3 Å². The predicted molar refractivity (Wildman–Crippen MR) is 132 cm³/mol. The Labute approximate surface area is 194 Å². The van der Waals surface area contributed by atoms with Crippen LogP contribution in [0.2, 0.25) is 0 Å². The Morgan fingerprint density at radius 1 is 1.29 bits per heavy atom. The fraction of sp³-hybridized carbons (Fsp3) is 0.600. The van der Waals surface area contributed by atoms with Crippen molar-refractivity contribution in [3.63, 3.8) is 0 Å². The summed E-state index contributed by atoms with van der Waals surface area (Å²) >= 11 is 3.56. The van der Waals surface area contributed by atoms with E-state index in [1.165, 1.54) is 23.4 Å². The summed E-state index contributed by atoms with van der Waals surface area (Å²) in [5.41, 5.74) is 1.22. The van der Waals surface area contributed by atoms with Gasteiger partial charge in [-0.25, -0.2) is 4.98 Å². The molecule has 28 heavy (non-hydrogen) atoms. The Hall–Kier alpha value is -0.710. The average molecular weight is 534 g/mol. The third-order valence-electron chi connectivity index (χ3n) is 4.86. The van der Waals surface area contributed by atoms with Gasteiger partial charge in [0.05, 0.1) is 10.7 Å². The lowest BCUT2D eigenvalue weighted by Crippen LogP contribution is -2.39. The van der Waals surface area contributed by atoms with Crippen LogP contribution in [-0.2, 0) is 13.0 Å². The molecule has 1 fully saturated rings. The summed E-state index contributed by atoms with van der Waals surface area (Å²) in [7, 11) is 0. The molecule has 2 aromatic heterocycles. The number of likely N-dealkylation sites (tertiary alicyclic amines) is 1. The zero-order chi connectivity index (χ0) is 18.9. The van der Waals surface area contributed by atoms with Crippen LogP contribution >= 0.6 is 46.7 Å². The molecule has 0 amide bonds. The van der Waals surface area contributed by atoms with Gasteiger partial charge in [0.25, 0.3) is 0 Å². The molecule has 2 aromatic rings. The molecular weight excluding hydrogens is 501 g/mol. The summed E-state index contributed by atoms with van der Waals surface area (Å²) in [4.78, 5) is 13.4. The molecule has 0 aliphatic carbocycles. The molecule has 0 bridgehead atoms. The summed E-state index contributed by atoms with van der Waals surface area (Å²) in [6, 6.07) is 4.30. The molecule has 3 heterocycles. The molecule has 1 saturated heterocycles. The highest BCUT2D eigenvalue weighted by atomic mass is 127. The van der Waals surface area contributed by atoms with Gasteiger partial charge in [-0.2, -0.15) is 0 Å². The molecular formula is C20H32IN5S2. The van der Waals surface area contributed by atoms with E-state index in [0.29, 0.717) is 5.92 Å². The number of nitrogens with zero attached hydrogens (tertiary/aromatic N) is 3. The second kappa shape index (κ2) is 12.8. The van der Waals surface area contributed by atoms with Crippen molar-refractivity contribution in [3.8, 4) is 0 Å². The normalized spacial score (nSPS) is 16.0. The van der Waals surface area contributed by atoms with Gasteiger partial charge in [-0.1, -0.05) is 6.07 Å². The molecule has 8 heteroatoms. The highest BCUT2D eigenvalue weighted by Crippen LogP contribution is 2.20. The highest BCUT2D eigenvalue weighted by Gasteiger charge is 2.19. The number of hydrogen-bond donors (Lipinski definition) is 2. The van der Waals surface area contributed by atoms with E-state index in [0.717, 1.165) is 56.7 Å². The quantitative estimate of drug-likeness (QED) is 0.304. The van der Waals surface area contributed by atoms with E-state index >= 15 is 0 Å². The minimum Gasteiger partial charge on any atom is -0.357 e. The summed E-state index contributed by atoms with van der Waals surface area (Å²) in [5, 5.41) is 12.3. The third-order valence-corrected chi connectivity index (χ3v) is 6.61. The maximum atomic E-state index is 4.84. The average Bonchev–Trinajstić information content (AvgIpc) is 3.33. The molecule has 5 nitrogen and oxygen atoms in total. The summed E-state index contributed by atoms with van der Waals surface area (Å²) in [5.74, 6) is 1.64. The SMILES string of the molecule is CCNC(=NCC1CCN(Cc2csc(C)n2)CC1)NCCc1cccs1.I. The van der Waals surface area contributed by atoms with Gasteiger partial charge in [0, 0.05) is 36.4 Å². The van der Waals surface area contributed by atoms with Gasteiger partial charge in [-0.15, -0.1) is 46.7 Å². The van der Waals surface area contributed by atoms with E-state index in [2.05, 4.69) is 57.3 Å². The van der Waals surface area contributed by atoms with Crippen LogP contribution in [0.5, 0.6) is 0 Å². The van der Waals surface area contributed by atoms with E-state index in [4.69, 9.17) is 4.99 Å².